The molecule has 1 aromatic rings. The van der Waals surface area contributed by atoms with Crippen molar-refractivity contribution in [3.8, 4) is 0 Å². The highest BCUT2D eigenvalue weighted by Gasteiger charge is 2.21. The lowest BCUT2D eigenvalue weighted by Crippen LogP contribution is -2.20. The number of aromatic amines is 1. The van der Waals surface area contributed by atoms with Crippen LogP contribution in [0.25, 0.3) is 0 Å². The Morgan fingerprint density at radius 2 is 2.10 bits per heavy atom. The van der Waals surface area contributed by atoms with Crippen LogP contribution >= 0.6 is 0 Å². The summed E-state index contributed by atoms with van der Waals surface area (Å²) in [7, 11) is 0. The first kappa shape index (κ1) is 7.05. The van der Waals surface area contributed by atoms with Gasteiger partial charge in [0.25, 0.3) is 0 Å². The largest absolute Gasteiger partial charge is 0.381 e. The quantitative estimate of drug-likeness (QED) is 0.578. The van der Waals surface area contributed by atoms with Crippen molar-refractivity contribution < 1.29 is 4.52 Å². The topological polar surface area (TPSA) is 58.9 Å². The van der Waals surface area contributed by atoms with E-state index in [1.807, 2.05) is 20.8 Å². The minimum absolute atomic E-state index is 0.236. The summed E-state index contributed by atoms with van der Waals surface area (Å²) in [5, 5.41) is 5.85. The highest BCUT2D eigenvalue weighted by Crippen LogP contribution is 2.14. The average Bonchev–Trinajstić information content (AvgIpc) is 2.11. The summed E-state index contributed by atoms with van der Waals surface area (Å²) in [5.41, 5.74) is -0.180. The van der Waals surface area contributed by atoms with Gasteiger partial charge in [0.1, 0.15) is 0 Å². The zero-order chi connectivity index (χ0) is 7.78. The molecule has 0 atom stereocenters. The molecule has 4 heteroatoms. The Kier molecular flexibility index (Phi) is 1.39. The van der Waals surface area contributed by atoms with Crippen molar-refractivity contribution >= 4 is 0 Å². The van der Waals surface area contributed by atoms with E-state index in [1.165, 1.54) is 0 Å². The monoisotopic (exact) mass is 142 g/mol. The van der Waals surface area contributed by atoms with Crippen molar-refractivity contribution in [2.45, 2.75) is 26.2 Å². The normalized spacial score (nSPS) is 11.9. The average molecular weight is 142 g/mol. The first-order chi connectivity index (χ1) is 4.52. The Labute approximate surface area is 58.2 Å². The molecule has 0 spiro atoms. The van der Waals surface area contributed by atoms with Crippen LogP contribution in [0.5, 0.6) is 0 Å². The molecule has 0 fully saturated rings. The molecule has 10 heavy (non-hydrogen) atoms. The zero-order valence-corrected chi connectivity index (χ0v) is 6.26. The van der Waals surface area contributed by atoms with Crippen molar-refractivity contribution in [3.63, 3.8) is 0 Å². The van der Waals surface area contributed by atoms with Gasteiger partial charge in [0.05, 0.1) is 0 Å². The van der Waals surface area contributed by atoms with E-state index in [1.54, 1.807) is 0 Å². The van der Waals surface area contributed by atoms with Crippen molar-refractivity contribution in [1.29, 1.82) is 0 Å². The van der Waals surface area contributed by atoms with E-state index in [2.05, 4.69) is 14.9 Å². The van der Waals surface area contributed by atoms with Gasteiger partial charge in [-0.3, -0.25) is 0 Å². The summed E-state index contributed by atoms with van der Waals surface area (Å²) < 4.78 is 4.40. The molecule has 0 aliphatic heterocycles. The molecule has 0 aromatic carbocycles. The van der Waals surface area contributed by atoms with E-state index >= 15 is 0 Å². The zero-order valence-electron chi connectivity index (χ0n) is 6.26. The fourth-order valence-corrected chi connectivity index (χ4v) is 0.678. The van der Waals surface area contributed by atoms with E-state index in [9.17, 15) is 4.79 Å². The Balaban J connectivity index is 3.18. The molecule has 4 nitrogen and oxygen atoms in total. The smallest absolute Gasteiger partial charge is 0.319 e. The van der Waals surface area contributed by atoms with Gasteiger partial charge in [-0.1, -0.05) is 20.8 Å². The van der Waals surface area contributed by atoms with E-state index in [0.29, 0.717) is 5.69 Å². The van der Waals surface area contributed by atoms with Crippen molar-refractivity contribution in [2.24, 2.45) is 0 Å². The number of rotatable bonds is 0. The Morgan fingerprint density at radius 3 is 2.30 bits per heavy atom. The summed E-state index contributed by atoms with van der Waals surface area (Å²) in [4.78, 5) is 10.8. The van der Waals surface area contributed by atoms with Crippen LogP contribution in [0.1, 0.15) is 26.5 Å². The van der Waals surface area contributed by atoms with Crippen LogP contribution in [0, 0.1) is 0 Å². The first-order valence-electron chi connectivity index (χ1n) is 3.06. The van der Waals surface area contributed by atoms with E-state index in [-0.39, 0.29) is 11.0 Å². The Hall–Kier alpha value is -1.06. The molecular weight excluding hydrogens is 132 g/mol. The standard InChI is InChI=1S/C6H10N2O2/c1-6(2,3)4-5(9)10-8-7-4/h8H,1-3H3. The second-order valence-electron chi connectivity index (χ2n) is 3.19. The molecule has 0 saturated carbocycles. The number of H-pyrrole nitrogens is 1. The minimum Gasteiger partial charge on any atom is -0.319 e. The molecule has 56 valence electrons. The predicted molar refractivity (Wildman–Crippen MR) is 35.8 cm³/mol. The van der Waals surface area contributed by atoms with E-state index in [0.717, 1.165) is 0 Å². The summed E-state index contributed by atoms with van der Waals surface area (Å²) >= 11 is 0. The number of hydrogen-bond donors (Lipinski definition) is 1. The van der Waals surface area contributed by atoms with Gasteiger partial charge in [-0.15, -0.1) is 10.4 Å². The Morgan fingerprint density at radius 1 is 1.50 bits per heavy atom. The molecule has 0 unspecified atom stereocenters. The van der Waals surface area contributed by atoms with Crippen LogP contribution < -0.4 is 5.63 Å². The predicted octanol–water partition coefficient (Wildman–Crippen LogP) is 0.660. The second kappa shape index (κ2) is 1.97. The highest BCUT2D eigenvalue weighted by atomic mass is 16.5. The summed E-state index contributed by atoms with van der Waals surface area (Å²) in [6, 6.07) is 0. The third kappa shape index (κ3) is 1.10. The molecular formula is C6H10N2O2. The van der Waals surface area contributed by atoms with E-state index in [4.69, 9.17) is 0 Å². The van der Waals surface area contributed by atoms with Gasteiger partial charge in [-0.25, -0.2) is 4.79 Å². The summed E-state index contributed by atoms with van der Waals surface area (Å²) in [6.45, 7) is 5.71. The molecule has 0 amide bonds. The van der Waals surface area contributed by atoms with Crippen LogP contribution in [-0.4, -0.2) is 10.4 Å². The van der Waals surface area contributed by atoms with Gasteiger partial charge in [0, 0.05) is 5.41 Å². The number of nitrogens with one attached hydrogen (secondary N) is 1. The first-order valence-corrected chi connectivity index (χ1v) is 3.06. The lowest BCUT2D eigenvalue weighted by molar-refractivity contribution is 0.367. The molecule has 0 bridgehead atoms. The molecule has 0 aliphatic carbocycles. The molecule has 1 rings (SSSR count). The maximum Gasteiger partial charge on any atom is 0.381 e. The molecule has 0 radical (unpaired) electrons. The lowest BCUT2D eigenvalue weighted by Gasteiger charge is -2.10. The third-order valence-corrected chi connectivity index (χ3v) is 1.20. The van der Waals surface area contributed by atoms with E-state index < -0.39 is 0 Å². The van der Waals surface area contributed by atoms with Gasteiger partial charge in [-0.05, 0) is 0 Å². The van der Waals surface area contributed by atoms with Crippen LogP contribution in [0.15, 0.2) is 9.32 Å². The SMILES string of the molecule is CC(C)(C)c1n[nH]oc1=O. The van der Waals surface area contributed by atoms with Crippen molar-refractivity contribution in [3.05, 3.63) is 16.1 Å². The molecule has 0 saturated heterocycles. The van der Waals surface area contributed by atoms with Gasteiger partial charge in [0.2, 0.25) is 0 Å². The second-order valence-corrected chi connectivity index (χ2v) is 3.19. The maximum atomic E-state index is 10.8. The van der Waals surface area contributed by atoms with Gasteiger partial charge in [0.15, 0.2) is 5.69 Å². The summed E-state index contributed by atoms with van der Waals surface area (Å²) in [6.07, 6.45) is 0. The minimum atomic E-state index is -0.382. The van der Waals surface area contributed by atoms with Gasteiger partial charge < -0.3 is 4.52 Å². The van der Waals surface area contributed by atoms with Crippen LogP contribution in [0.3, 0.4) is 0 Å². The number of hydrogen-bond acceptors (Lipinski definition) is 3. The van der Waals surface area contributed by atoms with Crippen molar-refractivity contribution in [2.75, 3.05) is 0 Å². The molecule has 1 aromatic heterocycles. The number of aromatic nitrogens is 2. The maximum absolute atomic E-state index is 10.8. The summed E-state index contributed by atoms with van der Waals surface area (Å²) in [5.74, 6) is 0. The molecule has 1 heterocycles. The fourth-order valence-electron chi connectivity index (χ4n) is 0.678. The van der Waals surface area contributed by atoms with Gasteiger partial charge in [-0.2, -0.15) is 0 Å². The van der Waals surface area contributed by atoms with Crippen LogP contribution in [0.2, 0.25) is 0 Å². The van der Waals surface area contributed by atoms with Crippen LogP contribution in [0.4, 0.5) is 0 Å². The van der Waals surface area contributed by atoms with Gasteiger partial charge >= 0.3 is 5.63 Å². The molecule has 1 N–H and O–H groups in total. The fraction of sp³-hybridized carbons (Fsp3) is 0.667. The Bertz CT molecular complexity index is 266. The number of nitrogens with zero attached hydrogens (tertiary/aromatic N) is 1. The molecule has 0 aliphatic rings. The lowest BCUT2D eigenvalue weighted by atomic mass is 9.93. The highest BCUT2D eigenvalue weighted by molar-refractivity contribution is 5.04. The van der Waals surface area contributed by atoms with Crippen LogP contribution in [-0.2, 0) is 5.41 Å². The van der Waals surface area contributed by atoms with Crippen molar-refractivity contribution in [1.82, 2.24) is 10.4 Å². The third-order valence-electron chi connectivity index (χ3n) is 1.20.